The van der Waals surface area contributed by atoms with Gasteiger partial charge in [-0.1, -0.05) is 37.3 Å². The summed E-state index contributed by atoms with van der Waals surface area (Å²) in [7, 11) is 0. The quantitative estimate of drug-likeness (QED) is 0.262. The second-order valence-corrected chi connectivity index (χ2v) is 6.17. The van der Waals surface area contributed by atoms with Gasteiger partial charge >= 0.3 is 0 Å². The lowest BCUT2D eigenvalue weighted by Gasteiger charge is -2.08. The molecule has 0 saturated carbocycles. The number of benzene rings is 2. The minimum atomic E-state index is 0.428. The largest absolute Gasteiger partial charge is 0.594 e. The average Bonchev–Trinajstić information content (AvgIpc) is 2.61. The molecule has 0 amide bonds. The molecule has 0 aromatic heterocycles. The van der Waals surface area contributed by atoms with Gasteiger partial charge in [0.1, 0.15) is 18.0 Å². The second kappa shape index (κ2) is 9.28. The van der Waals surface area contributed by atoms with Crippen molar-refractivity contribution in [3.05, 3.63) is 59.3 Å². The zero-order chi connectivity index (χ0) is 17.4. The van der Waals surface area contributed by atoms with E-state index < -0.39 is 0 Å². The summed E-state index contributed by atoms with van der Waals surface area (Å²) in [6.45, 7) is 4.86. The van der Waals surface area contributed by atoms with E-state index in [4.69, 9.17) is 16.3 Å². The molecule has 0 aliphatic heterocycles. The maximum absolute atomic E-state index is 12.1. The van der Waals surface area contributed by atoms with E-state index >= 15 is 0 Å². The van der Waals surface area contributed by atoms with Crippen LogP contribution in [0.4, 0.5) is 11.4 Å². The van der Waals surface area contributed by atoms with Crippen molar-refractivity contribution in [3.8, 4) is 5.75 Å². The number of halogens is 1. The van der Waals surface area contributed by atoms with Crippen molar-refractivity contribution >= 4 is 23.0 Å². The summed E-state index contributed by atoms with van der Waals surface area (Å²) in [5.74, 6) is 1.77. The number of hydrogen-bond donors (Lipinski definition) is 0. The highest BCUT2D eigenvalue weighted by Crippen LogP contribution is 2.22. The van der Waals surface area contributed by atoms with Crippen LogP contribution in [0.5, 0.6) is 5.75 Å². The fourth-order valence-electron chi connectivity index (χ4n) is 2.23. The van der Waals surface area contributed by atoms with Crippen LogP contribution in [0.1, 0.15) is 25.8 Å². The van der Waals surface area contributed by atoms with E-state index in [-0.39, 0.29) is 0 Å². The van der Waals surface area contributed by atoms with Crippen LogP contribution < -0.4 is 4.74 Å². The Morgan fingerprint density at radius 3 is 2.38 bits per heavy atom. The average molecular weight is 347 g/mol. The first-order valence-corrected chi connectivity index (χ1v) is 8.72. The molecule has 5 heteroatoms. The molecule has 0 spiro atoms. The first kappa shape index (κ1) is 18.3. The topological polar surface area (TPSA) is 47.7 Å². The fraction of sp³-hybridized carbons (Fsp3) is 0.368. The molecular formula is C19H23ClN2O2. The van der Waals surface area contributed by atoms with E-state index in [1.807, 2.05) is 24.3 Å². The summed E-state index contributed by atoms with van der Waals surface area (Å²) < 4.78 is 5.38. The van der Waals surface area contributed by atoms with Gasteiger partial charge in [-0.25, -0.2) is 0 Å². The summed E-state index contributed by atoms with van der Waals surface area (Å²) in [5, 5.41) is 16.2. The van der Waals surface area contributed by atoms with Crippen LogP contribution in [0.15, 0.2) is 53.6 Å². The minimum Gasteiger partial charge on any atom is -0.594 e. The third-order valence-electron chi connectivity index (χ3n) is 3.83. The van der Waals surface area contributed by atoms with Crippen LogP contribution in [0.3, 0.4) is 0 Å². The van der Waals surface area contributed by atoms with Gasteiger partial charge in [-0.3, -0.25) is 0 Å². The standard InChI is InChI=1S/C19H23ClN2O2/c1-3-15(2)14-16-4-6-17(7-5-16)21-22(23)18-8-10-19(11-9-18)24-13-12-20/h4-11,15H,3,12-14H2,1-2H3. The number of alkyl halides is 1. The maximum Gasteiger partial charge on any atom is 0.245 e. The predicted octanol–water partition coefficient (Wildman–Crippen LogP) is 5.82. The predicted molar refractivity (Wildman–Crippen MR) is 97.6 cm³/mol. The van der Waals surface area contributed by atoms with Crippen molar-refractivity contribution in [2.75, 3.05) is 12.5 Å². The van der Waals surface area contributed by atoms with Crippen molar-refractivity contribution in [2.45, 2.75) is 26.7 Å². The number of azo groups is 1. The van der Waals surface area contributed by atoms with Gasteiger partial charge in [-0.2, -0.15) is 0 Å². The zero-order valence-corrected chi connectivity index (χ0v) is 14.9. The summed E-state index contributed by atoms with van der Waals surface area (Å²) in [6, 6.07) is 14.6. The Labute approximate surface area is 148 Å². The molecule has 2 aromatic rings. The van der Waals surface area contributed by atoms with E-state index in [2.05, 4.69) is 19.0 Å². The molecule has 2 rings (SSSR count). The molecule has 0 radical (unpaired) electrons. The molecular weight excluding hydrogens is 324 g/mol. The van der Waals surface area contributed by atoms with Crippen LogP contribution in [0.25, 0.3) is 0 Å². The molecule has 0 bridgehead atoms. The van der Waals surface area contributed by atoms with Gasteiger partial charge in [-0.05, 0) is 42.2 Å². The van der Waals surface area contributed by atoms with Gasteiger partial charge < -0.3 is 9.94 Å². The Balaban J connectivity index is 2.04. The second-order valence-electron chi connectivity index (χ2n) is 5.79. The van der Waals surface area contributed by atoms with E-state index in [0.717, 1.165) is 12.8 Å². The lowest BCUT2D eigenvalue weighted by molar-refractivity contribution is -0.435. The molecule has 0 fully saturated rings. The molecule has 0 aliphatic rings. The van der Waals surface area contributed by atoms with Gasteiger partial charge in [0.2, 0.25) is 5.69 Å². The third kappa shape index (κ3) is 5.53. The van der Waals surface area contributed by atoms with Crippen molar-refractivity contribution < 1.29 is 9.60 Å². The smallest absolute Gasteiger partial charge is 0.245 e. The van der Waals surface area contributed by atoms with E-state index in [1.165, 1.54) is 5.56 Å². The first-order valence-electron chi connectivity index (χ1n) is 8.19. The molecule has 24 heavy (non-hydrogen) atoms. The molecule has 0 heterocycles. The van der Waals surface area contributed by atoms with Crippen molar-refractivity contribution in [2.24, 2.45) is 11.0 Å². The van der Waals surface area contributed by atoms with Crippen LogP contribution in [0, 0.1) is 11.1 Å². The highest BCUT2D eigenvalue weighted by atomic mass is 35.5. The van der Waals surface area contributed by atoms with Crippen LogP contribution in [-0.4, -0.2) is 17.3 Å². The Hall–Kier alpha value is -2.07. The zero-order valence-electron chi connectivity index (χ0n) is 14.1. The minimum absolute atomic E-state index is 0.428. The number of rotatable bonds is 8. The first-order chi connectivity index (χ1) is 11.6. The molecule has 1 unspecified atom stereocenters. The highest BCUT2D eigenvalue weighted by molar-refractivity contribution is 6.18. The fourth-order valence-corrected chi connectivity index (χ4v) is 2.31. The highest BCUT2D eigenvalue weighted by Gasteiger charge is 2.06. The summed E-state index contributed by atoms with van der Waals surface area (Å²) >= 11 is 5.57. The third-order valence-corrected chi connectivity index (χ3v) is 3.98. The van der Waals surface area contributed by atoms with E-state index in [9.17, 15) is 5.21 Å². The molecule has 2 aromatic carbocycles. The van der Waals surface area contributed by atoms with E-state index in [1.54, 1.807) is 24.3 Å². The van der Waals surface area contributed by atoms with Crippen LogP contribution in [0.2, 0.25) is 0 Å². The Morgan fingerprint density at radius 2 is 1.79 bits per heavy atom. The Morgan fingerprint density at radius 1 is 1.12 bits per heavy atom. The molecule has 0 saturated heterocycles. The van der Waals surface area contributed by atoms with Gasteiger partial charge in [0.05, 0.1) is 5.88 Å². The Kier molecular flexibility index (Phi) is 7.07. The molecule has 0 N–H and O–H groups in total. The van der Waals surface area contributed by atoms with Crippen LogP contribution >= 0.6 is 11.6 Å². The molecule has 0 aliphatic carbocycles. The lowest BCUT2D eigenvalue weighted by atomic mass is 9.99. The normalized spacial score (nSPS) is 12.9. The lowest BCUT2D eigenvalue weighted by Crippen LogP contribution is -1.98. The summed E-state index contributed by atoms with van der Waals surface area (Å²) in [5.41, 5.74) is 2.36. The molecule has 4 nitrogen and oxygen atoms in total. The summed E-state index contributed by atoms with van der Waals surface area (Å²) in [6.07, 6.45) is 2.20. The number of nitrogens with zero attached hydrogens (tertiary/aromatic N) is 2. The van der Waals surface area contributed by atoms with E-state index in [0.29, 0.717) is 40.4 Å². The van der Waals surface area contributed by atoms with Gasteiger partial charge in [0.25, 0.3) is 0 Å². The molecule has 128 valence electrons. The van der Waals surface area contributed by atoms with Crippen molar-refractivity contribution in [3.63, 3.8) is 0 Å². The van der Waals surface area contributed by atoms with Gasteiger partial charge in [-0.15, -0.1) is 11.6 Å². The van der Waals surface area contributed by atoms with Gasteiger partial charge in [0.15, 0.2) is 0 Å². The summed E-state index contributed by atoms with van der Waals surface area (Å²) in [4.78, 5) is 0.620. The monoisotopic (exact) mass is 346 g/mol. The maximum atomic E-state index is 12.1. The van der Waals surface area contributed by atoms with Crippen molar-refractivity contribution in [1.82, 2.24) is 0 Å². The Bertz CT molecular complexity index is 654. The number of hydrogen-bond acceptors (Lipinski definition) is 3. The van der Waals surface area contributed by atoms with Crippen molar-refractivity contribution in [1.29, 1.82) is 0 Å². The number of ether oxygens (including phenoxy) is 1. The SMILES string of the molecule is CCC(C)Cc1ccc(N=[N+]([O-])c2ccc(OCCCl)cc2)cc1. The molecule has 1 atom stereocenters. The van der Waals surface area contributed by atoms with Gasteiger partial charge in [0, 0.05) is 17.2 Å². The van der Waals surface area contributed by atoms with Crippen LogP contribution in [-0.2, 0) is 6.42 Å².